The summed E-state index contributed by atoms with van der Waals surface area (Å²) in [7, 11) is -0.957. The lowest BCUT2D eigenvalue weighted by molar-refractivity contribution is -0.0244. The number of ether oxygens (including phenoxy) is 3. The predicted octanol–water partition coefficient (Wildman–Crippen LogP) is 16.1. The van der Waals surface area contributed by atoms with Crippen molar-refractivity contribution in [2.75, 3.05) is 56.2 Å². The molecule has 0 unspecified atom stereocenters. The normalized spacial score (nSPS) is 15.4. The summed E-state index contributed by atoms with van der Waals surface area (Å²) in [6.45, 7) is -3.69. The molecule has 3 aliphatic heterocycles. The molecule has 0 fully saturated rings. The van der Waals surface area contributed by atoms with Crippen molar-refractivity contribution in [2.24, 2.45) is 0 Å². The molecule has 12 rings (SSSR count). The topological polar surface area (TPSA) is 234 Å². The highest BCUT2D eigenvalue weighted by Crippen LogP contribution is 2.58. The second-order valence-corrected chi connectivity index (χ2v) is 28.3. The number of hydrogen-bond donors (Lipinski definition) is 4. The van der Waals surface area contributed by atoms with Gasteiger partial charge in [-0.1, -0.05) is 18.2 Å². The van der Waals surface area contributed by atoms with Crippen molar-refractivity contribution in [3.63, 3.8) is 0 Å². The van der Waals surface area contributed by atoms with Gasteiger partial charge in [-0.3, -0.25) is 29.1 Å². The van der Waals surface area contributed by atoms with Crippen LogP contribution < -0.4 is 44.9 Å². The third-order valence-electron chi connectivity index (χ3n) is 19.7. The van der Waals surface area contributed by atoms with Gasteiger partial charge in [-0.2, -0.15) is 4.89 Å². The lowest BCUT2D eigenvalue weighted by Gasteiger charge is -2.39. The summed E-state index contributed by atoms with van der Waals surface area (Å²) in [5, 5.41) is 6.92. The molecule has 116 heavy (non-hydrogen) atoms. The minimum absolute atomic E-state index is 0.00674. The minimum atomic E-state index is -5.12. The van der Waals surface area contributed by atoms with E-state index in [1.807, 2.05) is 0 Å². The van der Waals surface area contributed by atoms with Crippen LogP contribution in [0.15, 0.2) is 127 Å². The van der Waals surface area contributed by atoms with Crippen LogP contribution in [0.25, 0.3) is 0 Å². The first kappa shape index (κ1) is 83.3. The Labute approximate surface area is 649 Å². The fourth-order valence-electron chi connectivity index (χ4n) is 12.8. The van der Waals surface area contributed by atoms with Crippen LogP contribution in [0, 0.1) is 87.3 Å². The molecule has 9 aromatic rings. The van der Waals surface area contributed by atoms with Crippen LogP contribution in [0.2, 0.25) is 0 Å². The maximum absolute atomic E-state index is 16.3. The number of anilines is 3. The maximum Gasteiger partial charge on any atom is 0.583 e. The van der Waals surface area contributed by atoms with Gasteiger partial charge in [0.05, 0.1) is 54.8 Å². The monoisotopic (exact) mass is 1650 g/mol. The van der Waals surface area contributed by atoms with Gasteiger partial charge in [0.25, 0.3) is 17.7 Å². The van der Waals surface area contributed by atoms with Crippen LogP contribution in [-0.2, 0) is 52.8 Å². The largest absolute Gasteiger partial charge is 0.583 e. The molecule has 3 aliphatic rings. The lowest BCUT2D eigenvalue weighted by Crippen LogP contribution is -2.47. The number of nitrogens with one attached hydrogen (secondary N) is 3. The molecule has 0 spiro atoms. The van der Waals surface area contributed by atoms with Gasteiger partial charge in [-0.25, -0.2) is 80.2 Å². The molecule has 22 nitrogen and oxygen atoms in total. The zero-order valence-electron chi connectivity index (χ0n) is 61.4. The molecule has 0 saturated heterocycles. The molecular formula is C78H64F15N9O13P+. The summed E-state index contributed by atoms with van der Waals surface area (Å²) >= 11 is 0. The number of halogens is 15. The summed E-state index contributed by atoms with van der Waals surface area (Å²) < 4.78 is 258. The van der Waals surface area contributed by atoms with Gasteiger partial charge in [-0.15, -0.1) is 13.6 Å². The summed E-state index contributed by atoms with van der Waals surface area (Å²) in [6.07, 6.45) is 0. The predicted molar refractivity (Wildman–Crippen MR) is 383 cm³/mol. The van der Waals surface area contributed by atoms with Crippen molar-refractivity contribution >= 4 is 61.0 Å². The van der Waals surface area contributed by atoms with Crippen molar-refractivity contribution in [2.45, 2.75) is 78.2 Å². The van der Waals surface area contributed by atoms with E-state index >= 15 is 26.3 Å². The zero-order chi connectivity index (χ0) is 83.8. The van der Waals surface area contributed by atoms with Crippen molar-refractivity contribution in [1.29, 1.82) is 0 Å². The van der Waals surface area contributed by atoms with Crippen molar-refractivity contribution in [3.8, 4) is 17.2 Å². The summed E-state index contributed by atoms with van der Waals surface area (Å²) in [5.74, 6) is -24.2. The third-order valence-corrected chi connectivity index (χ3v) is 20.9. The van der Waals surface area contributed by atoms with Crippen LogP contribution in [0.3, 0.4) is 0 Å². The highest BCUT2D eigenvalue weighted by molar-refractivity contribution is 7.55. The molecule has 0 radical (unpaired) electrons. The number of fused-ring (bicyclic) bond motifs is 3. The van der Waals surface area contributed by atoms with Gasteiger partial charge < -0.3 is 44.9 Å². The molecule has 608 valence electrons. The van der Waals surface area contributed by atoms with E-state index in [0.29, 0.717) is 89.5 Å². The first-order valence-electron chi connectivity index (χ1n) is 34.7. The Kier molecular flexibility index (Phi) is 24.5. The molecule has 0 bridgehead atoms. The Morgan fingerprint density at radius 3 is 0.784 bits per heavy atom. The van der Waals surface area contributed by atoms with E-state index in [0.717, 1.165) is 14.7 Å². The highest BCUT2D eigenvalue weighted by atomic mass is 31.2. The SMILES string of the molecule is C[C@H]1c2ccc(C(=O)NCc3c(F)cc(F)cc3F)cc2N(Cc2c(F)cc(OCO[P+](O)(OCOc3cc(F)c(CN4C(=O)N(C)[C@@H](C)c5ccc(C(=O)NCc6c(F)cc(F)cc6F)cc54)c(F)c3)OCOc3cc(F)c(CN4C(=O)N(C)[C@@H](C)c5ccc(C(=O)NCc6c(F)cc(F)cc6F)cc54)c(F)c3)cc2F)C(=O)N1C. The van der Waals surface area contributed by atoms with Crippen LogP contribution in [-0.4, -0.2) is 96.9 Å². The van der Waals surface area contributed by atoms with Crippen LogP contribution in [0.5, 0.6) is 17.2 Å². The van der Waals surface area contributed by atoms with E-state index in [9.17, 15) is 73.2 Å². The molecule has 4 N–H and O–H groups in total. The number of carbonyl (C=O) groups is 6. The van der Waals surface area contributed by atoms with E-state index in [-0.39, 0.29) is 33.8 Å². The van der Waals surface area contributed by atoms with Gasteiger partial charge in [0, 0.05) is 164 Å². The third kappa shape index (κ3) is 17.6. The zero-order valence-corrected chi connectivity index (χ0v) is 62.3. The second kappa shape index (κ2) is 34.1. The standard InChI is InChI=1S/C78H63F15N9O13P/c1-37-49-10-7-40(73(103)94-28-52-58(82)16-43(79)17-59(52)83)13-70(49)100(76(106)97(37)4)31-55-64(88)22-46(23-65(55)89)110-34-113-116(109,114-35-111-47-24-66(90)56(67(91)25-47)32-101-71-14-41(8-11-50(71)38(2)98(5)77(101)107)74(104)95-29-53-60(84)18-44(80)19-61(53)85)115-36-112-48-26-68(92)57(69(93)27-48)33-102-72-15-42(9-12-51(72)39(3)99(6)78(102)108)75(105)96-30-54-62(86)20-45(81)21-63(54)87/h7-27,37-39,109H,28-36H2,1-6H3,(H2-,94,95,96,103,104,105)/p+1/t37-,38-,39-/m0/s1. The van der Waals surface area contributed by atoms with E-state index < -0.39 is 260 Å². The summed E-state index contributed by atoms with van der Waals surface area (Å²) in [4.78, 5) is 100. The van der Waals surface area contributed by atoms with Crippen molar-refractivity contribution < 1.29 is 127 Å². The molecule has 3 atom stereocenters. The Hall–Kier alpha value is -12.2. The highest BCUT2D eigenvalue weighted by Gasteiger charge is 2.47. The Morgan fingerprint density at radius 1 is 0.345 bits per heavy atom. The molecule has 0 aliphatic carbocycles. The maximum atomic E-state index is 16.3. The quantitative estimate of drug-likeness (QED) is 0.0213. The van der Waals surface area contributed by atoms with Crippen LogP contribution in [0.4, 0.5) is 97.3 Å². The molecule has 0 saturated carbocycles. The lowest BCUT2D eigenvalue weighted by atomic mass is 9.98. The van der Waals surface area contributed by atoms with Crippen molar-refractivity contribution in [3.05, 3.63) is 281 Å². The first-order valence-corrected chi connectivity index (χ1v) is 36.1. The van der Waals surface area contributed by atoms with E-state index in [4.69, 9.17) is 27.8 Å². The number of hydrogen-bond acceptors (Lipinski definition) is 13. The molecule has 9 amide bonds. The van der Waals surface area contributed by atoms with Gasteiger partial charge in [-0.05, 0) is 73.9 Å². The Bertz CT molecular complexity index is 4790. The van der Waals surface area contributed by atoms with Gasteiger partial charge in [0.15, 0.2) is 0 Å². The first-order chi connectivity index (χ1) is 55.0. The van der Waals surface area contributed by atoms with E-state index in [2.05, 4.69) is 16.0 Å². The summed E-state index contributed by atoms with van der Waals surface area (Å²) in [6, 6.07) is 13.6. The molecule has 0 aromatic heterocycles. The minimum Gasteiger partial charge on any atom is -0.463 e. The average molecular weight is 1650 g/mol. The fourth-order valence-corrected chi connectivity index (χ4v) is 13.6. The molecular weight excluding hydrogens is 1590 g/mol. The summed E-state index contributed by atoms with van der Waals surface area (Å²) in [5.41, 5.74) is -3.62. The molecule has 38 heteroatoms. The fraction of sp³-hybridized carbons (Fsp3) is 0.231. The average Bonchev–Trinajstić information content (AvgIpc) is 0.767. The van der Waals surface area contributed by atoms with Crippen LogP contribution >= 0.6 is 8.17 Å². The van der Waals surface area contributed by atoms with Gasteiger partial charge in [0.1, 0.15) is 105 Å². The Balaban J connectivity index is 0.755. The van der Waals surface area contributed by atoms with Gasteiger partial charge in [0.2, 0.25) is 20.4 Å². The van der Waals surface area contributed by atoms with Crippen molar-refractivity contribution in [1.82, 2.24) is 30.7 Å². The molecule has 9 aromatic carbocycles. The van der Waals surface area contributed by atoms with Crippen LogP contribution in [0.1, 0.15) is 120 Å². The number of carbonyl (C=O) groups excluding carboxylic acids is 6. The smallest absolute Gasteiger partial charge is 0.463 e. The second-order valence-electron chi connectivity index (χ2n) is 26.6. The van der Waals surface area contributed by atoms with Gasteiger partial charge >= 0.3 is 26.3 Å². The number of nitrogens with zero attached hydrogens (tertiary/aromatic N) is 6. The molecule has 3 heterocycles. The van der Waals surface area contributed by atoms with E-state index in [1.54, 1.807) is 20.8 Å². The number of amides is 9. The Morgan fingerprint density at radius 2 is 0.560 bits per heavy atom. The number of urea groups is 3. The number of benzene rings is 9. The number of rotatable bonds is 27. The van der Waals surface area contributed by atoms with E-state index in [1.165, 1.54) is 90.4 Å².